The number of carboxylic acids is 1. The van der Waals surface area contributed by atoms with Crippen molar-refractivity contribution in [2.75, 3.05) is 26.2 Å². The summed E-state index contributed by atoms with van der Waals surface area (Å²) in [7, 11) is 0. The number of hydrogen-bond donors (Lipinski definition) is 1. The lowest BCUT2D eigenvalue weighted by molar-refractivity contribution is -0.149. The minimum Gasteiger partial charge on any atom is -0.481 e. The van der Waals surface area contributed by atoms with E-state index in [0.29, 0.717) is 37.9 Å². The molecule has 1 N–H and O–H groups in total. The molecular weight excluding hydrogens is 332 g/mol. The summed E-state index contributed by atoms with van der Waals surface area (Å²) in [6.07, 6.45) is 3.01. The first-order valence-corrected chi connectivity index (χ1v) is 8.84. The minimum absolute atomic E-state index is 0.0236. The van der Waals surface area contributed by atoms with E-state index in [1.807, 2.05) is 6.07 Å². The lowest BCUT2D eigenvalue weighted by Gasteiger charge is -2.31. The molecule has 3 fully saturated rings. The predicted molar refractivity (Wildman–Crippen MR) is 86.5 cm³/mol. The SMILES string of the molecule is O=C(C1CCC1)N1C[C@H]2CN(Cc3ccc(Cl)o3)C[C@@]2(C(=O)O)C1. The molecule has 0 radical (unpaired) electrons. The molecule has 1 aromatic rings. The van der Waals surface area contributed by atoms with Crippen LogP contribution in [0.25, 0.3) is 0 Å². The molecular formula is C17H21ClN2O4. The van der Waals surface area contributed by atoms with Crippen molar-refractivity contribution in [3.8, 4) is 0 Å². The van der Waals surface area contributed by atoms with Crippen LogP contribution in [-0.2, 0) is 16.1 Å². The van der Waals surface area contributed by atoms with Gasteiger partial charge in [0, 0.05) is 38.0 Å². The lowest BCUT2D eigenvalue weighted by atomic mass is 9.81. The highest BCUT2D eigenvalue weighted by Crippen LogP contribution is 2.44. The molecule has 6 nitrogen and oxygen atoms in total. The molecule has 3 aliphatic rings. The van der Waals surface area contributed by atoms with Gasteiger partial charge in [0.05, 0.1) is 6.54 Å². The van der Waals surface area contributed by atoms with Crippen molar-refractivity contribution in [2.45, 2.75) is 25.8 Å². The van der Waals surface area contributed by atoms with E-state index in [-0.39, 0.29) is 17.7 Å². The Bertz CT molecular complexity index is 671. The molecule has 24 heavy (non-hydrogen) atoms. The average Bonchev–Trinajstić information content (AvgIpc) is 3.09. The molecule has 1 amide bonds. The molecule has 1 saturated carbocycles. The molecule has 2 aliphatic heterocycles. The normalized spacial score (nSPS) is 30.4. The quantitative estimate of drug-likeness (QED) is 0.898. The third kappa shape index (κ3) is 2.52. The Labute approximate surface area is 145 Å². The van der Waals surface area contributed by atoms with Crippen LogP contribution in [0.3, 0.4) is 0 Å². The fourth-order valence-corrected chi connectivity index (χ4v) is 4.49. The number of carbonyl (C=O) groups is 2. The Morgan fingerprint density at radius 2 is 2.08 bits per heavy atom. The number of fused-ring (bicyclic) bond motifs is 1. The highest BCUT2D eigenvalue weighted by atomic mass is 35.5. The van der Waals surface area contributed by atoms with E-state index in [1.54, 1.807) is 11.0 Å². The first kappa shape index (κ1) is 16.0. The van der Waals surface area contributed by atoms with Gasteiger partial charge in [-0.1, -0.05) is 6.42 Å². The number of likely N-dealkylation sites (tertiary alicyclic amines) is 2. The first-order valence-electron chi connectivity index (χ1n) is 8.47. The number of carboxylic acid groups (broad SMARTS) is 1. The van der Waals surface area contributed by atoms with E-state index in [0.717, 1.165) is 25.0 Å². The summed E-state index contributed by atoms with van der Waals surface area (Å²) in [5.74, 6) is 0.195. The van der Waals surface area contributed by atoms with Crippen LogP contribution in [-0.4, -0.2) is 53.0 Å². The highest BCUT2D eigenvalue weighted by molar-refractivity contribution is 6.28. The van der Waals surface area contributed by atoms with Crippen LogP contribution in [0, 0.1) is 17.3 Å². The van der Waals surface area contributed by atoms with Gasteiger partial charge in [-0.3, -0.25) is 14.5 Å². The van der Waals surface area contributed by atoms with Crippen LogP contribution >= 0.6 is 11.6 Å². The van der Waals surface area contributed by atoms with Gasteiger partial charge in [0.25, 0.3) is 0 Å². The van der Waals surface area contributed by atoms with Crippen molar-refractivity contribution in [1.29, 1.82) is 0 Å². The monoisotopic (exact) mass is 352 g/mol. The number of halogens is 1. The van der Waals surface area contributed by atoms with Crippen LogP contribution in [0.5, 0.6) is 0 Å². The van der Waals surface area contributed by atoms with Crippen LogP contribution in [0.1, 0.15) is 25.0 Å². The first-order chi connectivity index (χ1) is 11.5. The van der Waals surface area contributed by atoms with Crippen molar-refractivity contribution in [3.63, 3.8) is 0 Å². The summed E-state index contributed by atoms with van der Waals surface area (Å²) < 4.78 is 5.39. The Balaban J connectivity index is 1.46. The van der Waals surface area contributed by atoms with Crippen molar-refractivity contribution in [3.05, 3.63) is 23.1 Å². The van der Waals surface area contributed by atoms with E-state index in [4.69, 9.17) is 16.0 Å². The molecule has 0 spiro atoms. The third-order valence-electron chi connectivity index (χ3n) is 5.88. The number of furan rings is 1. The number of aliphatic carboxylic acids is 1. The summed E-state index contributed by atoms with van der Waals surface area (Å²) in [5.41, 5.74) is -0.851. The van der Waals surface area contributed by atoms with Crippen molar-refractivity contribution >= 4 is 23.5 Å². The van der Waals surface area contributed by atoms with Crippen molar-refractivity contribution < 1.29 is 19.1 Å². The van der Waals surface area contributed by atoms with Crippen LogP contribution in [0.4, 0.5) is 0 Å². The van der Waals surface area contributed by atoms with Crippen LogP contribution < -0.4 is 0 Å². The summed E-state index contributed by atoms with van der Waals surface area (Å²) in [6, 6.07) is 3.51. The van der Waals surface area contributed by atoms with Gasteiger partial charge >= 0.3 is 5.97 Å². The van der Waals surface area contributed by atoms with Gasteiger partial charge in [-0.25, -0.2) is 0 Å². The molecule has 3 heterocycles. The van der Waals surface area contributed by atoms with Crippen LogP contribution in [0.2, 0.25) is 5.22 Å². The van der Waals surface area contributed by atoms with Gasteiger partial charge in [0.1, 0.15) is 11.2 Å². The summed E-state index contributed by atoms with van der Waals surface area (Å²) >= 11 is 5.80. The van der Waals surface area contributed by atoms with Crippen molar-refractivity contribution in [2.24, 2.45) is 17.3 Å². The number of amides is 1. The standard InChI is InChI=1S/C17H21ClN2O4/c18-14-5-4-13(24-14)8-19-6-12-7-20(15(21)11-2-1-3-11)10-17(12,9-19)16(22)23/h4-5,11-12H,1-3,6-10H2,(H,22,23)/t12-,17-/m1/s1. The zero-order valence-corrected chi connectivity index (χ0v) is 14.2. The Kier molecular flexibility index (Phi) is 3.84. The number of nitrogens with zero attached hydrogens (tertiary/aromatic N) is 2. The maximum absolute atomic E-state index is 12.5. The maximum atomic E-state index is 12.5. The largest absolute Gasteiger partial charge is 0.481 e. The average molecular weight is 353 g/mol. The fraction of sp³-hybridized carbons (Fsp3) is 0.647. The molecule has 0 unspecified atom stereocenters. The molecule has 0 aromatic carbocycles. The predicted octanol–water partition coefficient (Wildman–Crippen LogP) is 2.08. The van der Waals surface area contributed by atoms with E-state index in [9.17, 15) is 14.7 Å². The zero-order valence-electron chi connectivity index (χ0n) is 13.4. The van der Waals surface area contributed by atoms with Gasteiger partial charge in [-0.2, -0.15) is 0 Å². The highest BCUT2D eigenvalue weighted by Gasteiger charge is 2.58. The third-order valence-corrected chi connectivity index (χ3v) is 6.08. The molecule has 1 aliphatic carbocycles. The topological polar surface area (TPSA) is 74.0 Å². The smallest absolute Gasteiger partial charge is 0.313 e. The summed E-state index contributed by atoms with van der Waals surface area (Å²) in [6.45, 7) is 2.54. The molecule has 0 bridgehead atoms. The van der Waals surface area contributed by atoms with E-state index in [1.165, 1.54) is 0 Å². The van der Waals surface area contributed by atoms with Crippen molar-refractivity contribution in [1.82, 2.24) is 9.80 Å². The summed E-state index contributed by atoms with van der Waals surface area (Å²) in [4.78, 5) is 28.4. The van der Waals surface area contributed by atoms with E-state index < -0.39 is 11.4 Å². The van der Waals surface area contributed by atoms with Gasteiger partial charge < -0.3 is 14.4 Å². The van der Waals surface area contributed by atoms with Gasteiger partial charge in [0.2, 0.25) is 5.91 Å². The second kappa shape index (κ2) is 5.77. The number of hydrogen-bond acceptors (Lipinski definition) is 4. The Morgan fingerprint density at radius 1 is 1.29 bits per heavy atom. The fourth-order valence-electron chi connectivity index (χ4n) is 4.33. The summed E-state index contributed by atoms with van der Waals surface area (Å²) in [5, 5.41) is 10.2. The van der Waals surface area contributed by atoms with Gasteiger partial charge in [-0.05, 0) is 36.6 Å². The molecule has 4 rings (SSSR count). The second-order valence-corrected chi connectivity index (χ2v) is 7.75. The molecule has 2 atom stereocenters. The Morgan fingerprint density at radius 3 is 2.62 bits per heavy atom. The number of carbonyl (C=O) groups excluding carboxylic acids is 1. The molecule has 7 heteroatoms. The maximum Gasteiger partial charge on any atom is 0.313 e. The molecule has 130 valence electrons. The van der Waals surface area contributed by atoms with Gasteiger partial charge in [0.15, 0.2) is 5.22 Å². The molecule has 2 saturated heterocycles. The van der Waals surface area contributed by atoms with Gasteiger partial charge in [-0.15, -0.1) is 0 Å². The van der Waals surface area contributed by atoms with Crippen LogP contribution in [0.15, 0.2) is 16.5 Å². The number of rotatable bonds is 4. The molecule has 1 aromatic heterocycles. The minimum atomic E-state index is -0.851. The van der Waals surface area contributed by atoms with E-state index >= 15 is 0 Å². The second-order valence-electron chi connectivity index (χ2n) is 7.38. The van der Waals surface area contributed by atoms with E-state index in [2.05, 4.69) is 4.90 Å². The lowest BCUT2D eigenvalue weighted by Crippen LogP contribution is -2.44. The Hall–Kier alpha value is -1.53. The zero-order chi connectivity index (χ0) is 16.9.